The van der Waals surface area contributed by atoms with Crippen molar-refractivity contribution in [1.82, 2.24) is 15.0 Å². The van der Waals surface area contributed by atoms with Crippen LogP contribution >= 0.6 is 0 Å². The van der Waals surface area contributed by atoms with E-state index in [2.05, 4.69) is 15.0 Å². The SMILES string of the molecule is CCOc1cccc(-c2c(C)nc(C#N)nc2OC(C)C)n1. The lowest BCUT2D eigenvalue weighted by Crippen LogP contribution is -2.11. The second kappa shape index (κ2) is 6.85. The molecule has 0 N–H and O–H groups in total. The smallest absolute Gasteiger partial charge is 0.235 e. The Morgan fingerprint density at radius 2 is 2.00 bits per heavy atom. The molecule has 2 heterocycles. The van der Waals surface area contributed by atoms with Crippen LogP contribution in [-0.4, -0.2) is 27.7 Å². The van der Waals surface area contributed by atoms with Gasteiger partial charge in [-0.1, -0.05) is 6.07 Å². The van der Waals surface area contributed by atoms with E-state index in [-0.39, 0.29) is 11.9 Å². The van der Waals surface area contributed by atoms with Crippen molar-refractivity contribution in [1.29, 1.82) is 5.26 Å². The molecule has 0 bridgehead atoms. The van der Waals surface area contributed by atoms with Gasteiger partial charge in [0.05, 0.1) is 29.7 Å². The largest absolute Gasteiger partial charge is 0.478 e. The Labute approximate surface area is 129 Å². The Kier molecular flexibility index (Phi) is 4.89. The number of pyridine rings is 1. The first-order valence-electron chi connectivity index (χ1n) is 7.10. The minimum atomic E-state index is -0.0744. The highest BCUT2D eigenvalue weighted by Gasteiger charge is 2.17. The Morgan fingerprint density at radius 3 is 2.64 bits per heavy atom. The van der Waals surface area contributed by atoms with Gasteiger partial charge < -0.3 is 9.47 Å². The summed E-state index contributed by atoms with van der Waals surface area (Å²) in [6.45, 7) is 8.04. The van der Waals surface area contributed by atoms with Crippen LogP contribution in [0.3, 0.4) is 0 Å². The van der Waals surface area contributed by atoms with Crippen molar-refractivity contribution in [2.24, 2.45) is 0 Å². The van der Waals surface area contributed by atoms with Crippen molar-refractivity contribution in [3.05, 3.63) is 29.7 Å². The minimum Gasteiger partial charge on any atom is -0.478 e. The van der Waals surface area contributed by atoms with Crippen LogP contribution < -0.4 is 9.47 Å². The van der Waals surface area contributed by atoms with Crippen LogP contribution in [0.1, 0.15) is 32.3 Å². The van der Waals surface area contributed by atoms with Gasteiger partial charge >= 0.3 is 0 Å². The van der Waals surface area contributed by atoms with Crippen LogP contribution in [0.25, 0.3) is 11.3 Å². The Hall–Kier alpha value is -2.68. The molecular weight excluding hydrogens is 280 g/mol. The molecule has 114 valence electrons. The van der Waals surface area contributed by atoms with Gasteiger partial charge in [0, 0.05) is 6.07 Å². The zero-order valence-corrected chi connectivity index (χ0v) is 13.1. The summed E-state index contributed by atoms with van der Waals surface area (Å²) >= 11 is 0. The number of aromatic nitrogens is 3. The number of nitriles is 1. The van der Waals surface area contributed by atoms with Crippen molar-refractivity contribution >= 4 is 0 Å². The van der Waals surface area contributed by atoms with E-state index >= 15 is 0 Å². The Morgan fingerprint density at radius 1 is 1.23 bits per heavy atom. The summed E-state index contributed by atoms with van der Waals surface area (Å²) < 4.78 is 11.2. The van der Waals surface area contributed by atoms with Gasteiger partial charge in [0.1, 0.15) is 6.07 Å². The van der Waals surface area contributed by atoms with Crippen LogP contribution in [-0.2, 0) is 0 Å². The summed E-state index contributed by atoms with van der Waals surface area (Å²) in [4.78, 5) is 12.8. The molecule has 0 aliphatic heterocycles. The van der Waals surface area contributed by atoms with E-state index in [1.54, 1.807) is 13.0 Å². The predicted molar refractivity (Wildman–Crippen MR) is 81.6 cm³/mol. The molecule has 0 saturated heterocycles. The van der Waals surface area contributed by atoms with Crippen LogP contribution in [0, 0.1) is 18.3 Å². The fourth-order valence-electron chi connectivity index (χ4n) is 1.98. The number of hydrogen-bond acceptors (Lipinski definition) is 6. The van der Waals surface area contributed by atoms with Crippen molar-refractivity contribution in [3.8, 4) is 29.1 Å². The van der Waals surface area contributed by atoms with Crippen molar-refractivity contribution < 1.29 is 9.47 Å². The molecule has 2 rings (SSSR count). The van der Waals surface area contributed by atoms with E-state index in [9.17, 15) is 0 Å². The molecule has 6 nitrogen and oxygen atoms in total. The highest BCUT2D eigenvalue weighted by molar-refractivity contribution is 5.68. The lowest BCUT2D eigenvalue weighted by molar-refractivity contribution is 0.233. The van der Waals surface area contributed by atoms with Gasteiger partial charge in [0.25, 0.3) is 0 Å². The highest BCUT2D eigenvalue weighted by atomic mass is 16.5. The van der Waals surface area contributed by atoms with Gasteiger partial charge in [-0.25, -0.2) is 9.97 Å². The Balaban J connectivity index is 2.58. The molecule has 0 amide bonds. The molecule has 0 aliphatic carbocycles. The van der Waals surface area contributed by atoms with Crippen LogP contribution in [0.5, 0.6) is 11.8 Å². The zero-order valence-electron chi connectivity index (χ0n) is 13.1. The van der Waals surface area contributed by atoms with Crippen molar-refractivity contribution in [3.63, 3.8) is 0 Å². The van der Waals surface area contributed by atoms with E-state index in [1.807, 2.05) is 39.0 Å². The minimum absolute atomic E-state index is 0.0744. The van der Waals surface area contributed by atoms with Gasteiger partial charge in [0.15, 0.2) is 0 Å². The van der Waals surface area contributed by atoms with Crippen LogP contribution in [0.4, 0.5) is 0 Å². The molecule has 2 aromatic rings. The molecule has 0 unspecified atom stereocenters. The fourth-order valence-corrected chi connectivity index (χ4v) is 1.98. The number of rotatable bonds is 5. The quantitative estimate of drug-likeness (QED) is 0.844. The second-order valence-electron chi connectivity index (χ2n) is 4.89. The number of ether oxygens (including phenoxy) is 2. The maximum atomic E-state index is 9.03. The average molecular weight is 298 g/mol. The predicted octanol–water partition coefficient (Wildman–Crippen LogP) is 2.90. The molecule has 6 heteroatoms. The van der Waals surface area contributed by atoms with E-state index in [0.717, 1.165) is 0 Å². The molecule has 0 aromatic carbocycles. The third-order valence-electron chi connectivity index (χ3n) is 2.78. The summed E-state index contributed by atoms with van der Waals surface area (Å²) in [7, 11) is 0. The molecule has 0 atom stereocenters. The van der Waals surface area contributed by atoms with Crippen LogP contribution in [0.15, 0.2) is 18.2 Å². The summed E-state index contributed by atoms with van der Waals surface area (Å²) in [5.41, 5.74) is 1.97. The molecule has 0 aliphatic rings. The zero-order chi connectivity index (χ0) is 16.1. The van der Waals surface area contributed by atoms with Gasteiger partial charge in [-0.2, -0.15) is 10.2 Å². The normalized spacial score (nSPS) is 10.4. The first kappa shape index (κ1) is 15.7. The standard InChI is InChI=1S/C16H18N4O2/c1-5-21-14-8-6-7-12(19-14)15-11(4)18-13(9-17)20-16(15)22-10(2)3/h6-8,10H,5H2,1-4H3. The lowest BCUT2D eigenvalue weighted by atomic mass is 10.1. The monoisotopic (exact) mass is 298 g/mol. The van der Waals surface area contributed by atoms with E-state index in [4.69, 9.17) is 14.7 Å². The summed E-state index contributed by atoms with van der Waals surface area (Å²) in [6.07, 6.45) is -0.0744. The third kappa shape index (κ3) is 3.50. The van der Waals surface area contributed by atoms with Crippen LogP contribution in [0.2, 0.25) is 0 Å². The van der Waals surface area contributed by atoms with E-state index in [0.29, 0.717) is 35.3 Å². The van der Waals surface area contributed by atoms with Gasteiger partial charge in [-0.3, -0.25) is 0 Å². The number of aryl methyl sites for hydroxylation is 1. The van der Waals surface area contributed by atoms with Crippen molar-refractivity contribution in [2.45, 2.75) is 33.8 Å². The lowest BCUT2D eigenvalue weighted by Gasteiger charge is -2.15. The topological polar surface area (TPSA) is 80.9 Å². The second-order valence-corrected chi connectivity index (χ2v) is 4.89. The summed E-state index contributed by atoms with van der Waals surface area (Å²) in [5.74, 6) is 0.970. The number of nitrogens with zero attached hydrogens (tertiary/aromatic N) is 4. The van der Waals surface area contributed by atoms with E-state index < -0.39 is 0 Å². The molecule has 0 radical (unpaired) electrons. The highest BCUT2D eigenvalue weighted by Crippen LogP contribution is 2.31. The molecule has 22 heavy (non-hydrogen) atoms. The van der Waals surface area contributed by atoms with Gasteiger partial charge in [-0.05, 0) is 33.8 Å². The van der Waals surface area contributed by atoms with Gasteiger partial charge in [0.2, 0.25) is 17.6 Å². The molecule has 0 spiro atoms. The first-order valence-corrected chi connectivity index (χ1v) is 7.10. The fraction of sp³-hybridized carbons (Fsp3) is 0.375. The maximum Gasteiger partial charge on any atom is 0.235 e. The summed E-state index contributed by atoms with van der Waals surface area (Å²) in [6, 6.07) is 7.42. The Bertz CT molecular complexity index is 708. The average Bonchev–Trinajstić information content (AvgIpc) is 2.46. The molecule has 0 fully saturated rings. The molecule has 2 aromatic heterocycles. The molecular formula is C16H18N4O2. The van der Waals surface area contributed by atoms with Crippen molar-refractivity contribution in [2.75, 3.05) is 6.61 Å². The van der Waals surface area contributed by atoms with Gasteiger partial charge in [-0.15, -0.1) is 0 Å². The first-order chi connectivity index (χ1) is 10.5. The third-order valence-corrected chi connectivity index (χ3v) is 2.78. The maximum absolute atomic E-state index is 9.03. The van der Waals surface area contributed by atoms with E-state index in [1.165, 1.54) is 0 Å². The number of hydrogen-bond donors (Lipinski definition) is 0. The molecule has 0 saturated carbocycles. The summed E-state index contributed by atoms with van der Waals surface area (Å²) in [5, 5.41) is 9.03.